The molecular weight excluding hydrogens is 324 g/mol. The Balaban J connectivity index is 2.84. The lowest BCUT2D eigenvalue weighted by Gasteiger charge is -2.16. The Kier molecular flexibility index (Phi) is 3.49. The summed E-state index contributed by atoms with van der Waals surface area (Å²) in [6.07, 6.45) is 5.98. The van der Waals surface area contributed by atoms with E-state index in [-0.39, 0.29) is 0 Å². The molecule has 0 fully saturated rings. The number of rotatable bonds is 2. The minimum atomic E-state index is -1.25. The molecule has 4 heteroatoms. The number of hydrogen-bond donors (Lipinski definition) is 0. The molecule has 0 heterocycles. The van der Waals surface area contributed by atoms with Crippen molar-refractivity contribution in [1.82, 2.24) is 0 Å². The molecule has 0 aromatic carbocycles. The standard InChI is InChI=1S/C9H16Br2Si2/c1-12(2,10)8-5-6-9(7-8)13(3,4)11/h5,7H,6H2,1-4H3. The summed E-state index contributed by atoms with van der Waals surface area (Å²) in [4.78, 5) is 0. The lowest BCUT2D eigenvalue weighted by Crippen LogP contribution is -2.20. The van der Waals surface area contributed by atoms with Crippen molar-refractivity contribution < 1.29 is 0 Å². The fourth-order valence-electron chi connectivity index (χ4n) is 1.35. The highest BCUT2D eigenvalue weighted by molar-refractivity contribution is 9.26. The Bertz CT molecular complexity index is 266. The zero-order valence-corrected chi connectivity index (χ0v) is 13.8. The van der Waals surface area contributed by atoms with Crippen LogP contribution in [0.15, 0.2) is 22.5 Å². The molecule has 0 saturated heterocycles. The molecule has 0 spiro atoms. The Labute approximate surface area is 98.7 Å². The van der Waals surface area contributed by atoms with E-state index in [1.807, 2.05) is 0 Å². The normalized spacial score (nSPS) is 18.6. The molecule has 0 atom stereocenters. The van der Waals surface area contributed by atoms with Gasteiger partial charge in [0.2, 0.25) is 0 Å². The van der Waals surface area contributed by atoms with E-state index in [4.69, 9.17) is 0 Å². The van der Waals surface area contributed by atoms with Gasteiger partial charge in [-0.3, -0.25) is 0 Å². The van der Waals surface area contributed by atoms with Crippen LogP contribution in [0.25, 0.3) is 0 Å². The van der Waals surface area contributed by atoms with Crippen molar-refractivity contribution in [3.05, 3.63) is 22.5 Å². The van der Waals surface area contributed by atoms with Gasteiger partial charge in [-0.15, -0.1) is 30.6 Å². The molecule has 0 radical (unpaired) electrons. The van der Waals surface area contributed by atoms with Crippen LogP contribution in [0.1, 0.15) is 6.42 Å². The average molecular weight is 340 g/mol. The van der Waals surface area contributed by atoms with E-state index in [1.165, 1.54) is 6.42 Å². The molecule has 0 N–H and O–H groups in total. The molecular formula is C9H16Br2Si2. The largest absolute Gasteiger partial charge is 0.154 e. The molecule has 13 heavy (non-hydrogen) atoms. The first-order valence-electron chi connectivity index (χ1n) is 4.51. The van der Waals surface area contributed by atoms with E-state index in [2.05, 4.69) is 68.9 Å². The zero-order valence-electron chi connectivity index (χ0n) is 8.62. The Morgan fingerprint density at radius 1 is 1.08 bits per heavy atom. The lowest BCUT2D eigenvalue weighted by atomic mass is 10.5. The zero-order chi connectivity index (χ0) is 10.3. The highest BCUT2D eigenvalue weighted by Gasteiger charge is 2.29. The average Bonchev–Trinajstić information content (AvgIpc) is 2.28. The van der Waals surface area contributed by atoms with Crippen LogP contribution in [-0.4, -0.2) is 13.4 Å². The summed E-state index contributed by atoms with van der Waals surface area (Å²) in [6, 6.07) is 0. The summed E-state index contributed by atoms with van der Waals surface area (Å²) in [5.74, 6) is 0. The summed E-state index contributed by atoms with van der Waals surface area (Å²) >= 11 is 7.66. The molecule has 74 valence electrons. The molecule has 0 saturated carbocycles. The molecule has 0 aromatic heterocycles. The first-order valence-corrected chi connectivity index (χ1v) is 15.0. The van der Waals surface area contributed by atoms with Gasteiger partial charge >= 0.3 is 0 Å². The second kappa shape index (κ2) is 3.79. The predicted octanol–water partition coefficient (Wildman–Crippen LogP) is 4.52. The van der Waals surface area contributed by atoms with Gasteiger partial charge in [-0.25, -0.2) is 0 Å². The third-order valence-corrected chi connectivity index (χ3v) is 8.82. The van der Waals surface area contributed by atoms with Gasteiger partial charge in [0.25, 0.3) is 0 Å². The Morgan fingerprint density at radius 3 is 1.85 bits per heavy atom. The van der Waals surface area contributed by atoms with Crippen LogP contribution in [-0.2, 0) is 0 Å². The maximum absolute atomic E-state index is 3.84. The molecule has 0 unspecified atom stereocenters. The second-order valence-corrected chi connectivity index (χ2v) is 23.5. The highest BCUT2D eigenvalue weighted by atomic mass is 79.9. The molecule has 0 aliphatic heterocycles. The van der Waals surface area contributed by atoms with E-state index in [0.29, 0.717) is 0 Å². The monoisotopic (exact) mass is 338 g/mol. The summed E-state index contributed by atoms with van der Waals surface area (Å²) in [5.41, 5.74) is 0. The van der Waals surface area contributed by atoms with Crippen LogP contribution >= 0.6 is 30.6 Å². The van der Waals surface area contributed by atoms with Crippen LogP contribution in [0.2, 0.25) is 26.2 Å². The minimum Gasteiger partial charge on any atom is -0.121 e. The van der Waals surface area contributed by atoms with Crippen molar-refractivity contribution in [3.63, 3.8) is 0 Å². The van der Waals surface area contributed by atoms with E-state index in [0.717, 1.165) is 0 Å². The van der Waals surface area contributed by atoms with E-state index < -0.39 is 13.4 Å². The number of halogens is 2. The van der Waals surface area contributed by atoms with Gasteiger partial charge < -0.3 is 0 Å². The quantitative estimate of drug-likeness (QED) is 0.512. The van der Waals surface area contributed by atoms with E-state index in [9.17, 15) is 0 Å². The second-order valence-electron chi connectivity index (χ2n) is 4.48. The molecule has 1 aliphatic carbocycles. The Morgan fingerprint density at radius 2 is 1.62 bits per heavy atom. The molecule has 0 aromatic rings. The maximum Gasteiger partial charge on any atom is 0.154 e. The van der Waals surface area contributed by atoms with Gasteiger partial charge in [0, 0.05) is 0 Å². The maximum atomic E-state index is 3.84. The molecule has 0 bridgehead atoms. The smallest absolute Gasteiger partial charge is 0.121 e. The topological polar surface area (TPSA) is 0 Å². The summed E-state index contributed by atoms with van der Waals surface area (Å²) in [7, 11) is 0. The van der Waals surface area contributed by atoms with Gasteiger partial charge in [-0.2, -0.15) is 0 Å². The SMILES string of the molecule is C[Si](C)(Br)C1=CCC([Si](C)(C)Br)=C1. The van der Waals surface area contributed by atoms with Gasteiger partial charge in [0.15, 0.2) is 13.4 Å². The van der Waals surface area contributed by atoms with Crippen LogP contribution in [0.4, 0.5) is 0 Å². The van der Waals surface area contributed by atoms with Crippen LogP contribution in [0, 0.1) is 0 Å². The number of hydrogen-bond acceptors (Lipinski definition) is 0. The van der Waals surface area contributed by atoms with Gasteiger partial charge in [-0.1, -0.05) is 48.7 Å². The van der Waals surface area contributed by atoms with Crippen molar-refractivity contribution >= 4 is 44.0 Å². The predicted molar refractivity (Wildman–Crippen MR) is 73.6 cm³/mol. The van der Waals surface area contributed by atoms with Crippen LogP contribution in [0.3, 0.4) is 0 Å². The summed E-state index contributed by atoms with van der Waals surface area (Å²) in [6.45, 7) is 6.89. The van der Waals surface area contributed by atoms with Gasteiger partial charge in [-0.05, 0) is 6.42 Å². The van der Waals surface area contributed by atoms with Crippen LogP contribution < -0.4 is 0 Å². The molecule has 0 nitrogen and oxygen atoms in total. The van der Waals surface area contributed by atoms with Crippen molar-refractivity contribution in [2.45, 2.75) is 32.6 Å². The minimum absolute atomic E-state index is 1.17. The third-order valence-electron chi connectivity index (χ3n) is 2.32. The van der Waals surface area contributed by atoms with E-state index in [1.54, 1.807) is 10.4 Å². The Hall–Kier alpha value is 0.874. The van der Waals surface area contributed by atoms with Crippen molar-refractivity contribution in [1.29, 1.82) is 0 Å². The van der Waals surface area contributed by atoms with Crippen molar-refractivity contribution in [2.75, 3.05) is 0 Å². The lowest BCUT2D eigenvalue weighted by molar-refractivity contribution is 1.37. The molecule has 1 rings (SSSR count). The van der Waals surface area contributed by atoms with Crippen molar-refractivity contribution in [2.24, 2.45) is 0 Å². The third kappa shape index (κ3) is 3.18. The number of allylic oxidation sites excluding steroid dienone is 4. The van der Waals surface area contributed by atoms with Crippen LogP contribution in [0.5, 0.6) is 0 Å². The van der Waals surface area contributed by atoms with E-state index >= 15 is 0 Å². The molecule has 1 aliphatic rings. The highest BCUT2D eigenvalue weighted by Crippen LogP contribution is 2.35. The molecule has 0 amide bonds. The van der Waals surface area contributed by atoms with Gasteiger partial charge in [0.1, 0.15) is 0 Å². The first-order chi connectivity index (χ1) is 5.71. The fraction of sp³-hybridized carbons (Fsp3) is 0.556. The van der Waals surface area contributed by atoms with Gasteiger partial charge in [0.05, 0.1) is 0 Å². The summed E-state index contributed by atoms with van der Waals surface area (Å²) in [5, 5.41) is 3.19. The van der Waals surface area contributed by atoms with Crippen molar-refractivity contribution in [3.8, 4) is 0 Å². The first kappa shape index (κ1) is 11.9. The fourth-order valence-corrected chi connectivity index (χ4v) is 5.35. The summed E-state index contributed by atoms with van der Waals surface area (Å²) < 4.78 is 0.